The first kappa shape index (κ1) is 15.5. The predicted molar refractivity (Wildman–Crippen MR) is 92.1 cm³/mol. The maximum atomic E-state index is 6.07. The minimum Gasteiger partial charge on any atom is -0.454 e. The molecule has 0 spiro atoms. The van der Waals surface area contributed by atoms with Crippen LogP contribution in [0.4, 0.5) is 0 Å². The molecule has 4 heteroatoms. The van der Waals surface area contributed by atoms with Crippen molar-refractivity contribution in [2.45, 2.75) is 32.1 Å². The van der Waals surface area contributed by atoms with Gasteiger partial charge in [-0.25, -0.2) is 0 Å². The van der Waals surface area contributed by atoms with Gasteiger partial charge in [-0.2, -0.15) is 0 Å². The first-order chi connectivity index (χ1) is 11.9. The van der Waals surface area contributed by atoms with Crippen LogP contribution in [0.15, 0.2) is 48.5 Å². The van der Waals surface area contributed by atoms with Gasteiger partial charge in [0.15, 0.2) is 11.5 Å². The highest BCUT2D eigenvalue weighted by Gasteiger charge is 2.23. The SMILES string of the molecule is c1ccc(COC2CCN(Cc3cccc4c3OCO4)CC2)cc1. The number of fused-ring (bicyclic) bond motifs is 1. The van der Waals surface area contributed by atoms with Crippen molar-refractivity contribution in [3.05, 3.63) is 59.7 Å². The van der Waals surface area contributed by atoms with Gasteiger partial charge in [0, 0.05) is 25.2 Å². The Hall–Kier alpha value is -2.04. The number of nitrogens with zero attached hydrogens (tertiary/aromatic N) is 1. The van der Waals surface area contributed by atoms with E-state index in [0.717, 1.165) is 44.0 Å². The quantitative estimate of drug-likeness (QED) is 0.840. The van der Waals surface area contributed by atoms with E-state index in [9.17, 15) is 0 Å². The molecule has 0 saturated carbocycles. The van der Waals surface area contributed by atoms with E-state index in [1.54, 1.807) is 0 Å². The molecule has 2 aromatic carbocycles. The second kappa shape index (κ2) is 7.24. The van der Waals surface area contributed by atoms with Crippen LogP contribution >= 0.6 is 0 Å². The number of ether oxygens (including phenoxy) is 3. The van der Waals surface area contributed by atoms with Crippen LogP contribution in [-0.4, -0.2) is 30.9 Å². The summed E-state index contributed by atoms with van der Waals surface area (Å²) in [5.41, 5.74) is 2.46. The van der Waals surface area contributed by atoms with Crippen LogP contribution in [-0.2, 0) is 17.9 Å². The van der Waals surface area contributed by atoms with E-state index in [1.807, 2.05) is 18.2 Å². The van der Waals surface area contributed by atoms with Gasteiger partial charge in [-0.05, 0) is 24.5 Å². The lowest BCUT2D eigenvalue weighted by molar-refractivity contribution is -0.00404. The summed E-state index contributed by atoms with van der Waals surface area (Å²) in [6.45, 7) is 4.08. The van der Waals surface area contributed by atoms with E-state index in [-0.39, 0.29) is 0 Å². The molecule has 2 heterocycles. The molecule has 2 aromatic rings. The van der Waals surface area contributed by atoms with Gasteiger partial charge in [-0.15, -0.1) is 0 Å². The van der Waals surface area contributed by atoms with Crippen molar-refractivity contribution in [2.24, 2.45) is 0 Å². The zero-order chi connectivity index (χ0) is 16.2. The molecule has 0 aliphatic carbocycles. The number of hydrogen-bond donors (Lipinski definition) is 0. The molecule has 2 aliphatic heterocycles. The Bertz CT molecular complexity index is 666. The third-order valence-corrected chi connectivity index (χ3v) is 4.74. The van der Waals surface area contributed by atoms with Crippen LogP contribution in [0, 0.1) is 0 Å². The second-order valence-corrected chi connectivity index (χ2v) is 6.42. The fourth-order valence-electron chi connectivity index (χ4n) is 3.38. The summed E-state index contributed by atoms with van der Waals surface area (Å²) in [6.07, 6.45) is 2.53. The first-order valence-corrected chi connectivity index (χ1v) is 8.64. The van der Waals surface area contributed by atoms with Crippen LogP contribution in [0.3, 0.4) is 0 Å². The minimum absolute atomic E-state index is 0.335. The lowest BCUT2D eigenvalue weighted by Crippen LogP contribution is -2.36. The third-order valence-electron chi connectivity index (χ3n) is 4.74. The molecule has 1 fully saturated rings. The fourth-order valence-corrected chi connectivity index (χ4v) is 3.38. The molecule has 0 radical (unpaired) electrons. The molecule has 0 amide bonds. The van der Waals surface area contributed by atoms with Crippen molar-refractivity contribution in [1.29, 1.82) is 0 Å². The highest BCUT2D eigenvalue weighted by molar-refractivity contribution is 5.48. The van der Waals surface area contributed by atoms with Crippen LogP contribution in [0.2, 0.25) is 0 Å². The highest BCUT2D eigenvalue weighted by atomic mass is 16.7. The van der Waals surface area contributed by atoms with Gasteiger partial charge in [-0.1, -0.05) is 42.5 Å². The summed E-state index contributed by atoms with van der Waals surface area (Å²) < 4.78 is 17.1. The first-order valence-electron chi connectivity index (χ1n) is 8.64. The number of likely N-dealkylation sites (tertiary alicyclic amines) is 1. The monoisotopic (exact) mass is 325 g/mol. The number of piperidine rings is 1. The highest BCUT2D eigenvalue weighted by Crippen LogP contribution is 2.36. The summed E-state index contributed by atoms with van der Waals surface area (Å²) in [5.74, 6) is 1.79. The molecular weight excluding hydrogens is 302 g/mol. The Labute approximate surface area is 142 Å². The van der Waals surface area contributed by atoms with E-state index in [0.29, 0.717) is 19.5 Å². The maximum absolute atomic E-state index is 6.07. The average molecular weight is 325 g/mol. The van der Waals surface area contributed by atoms with Crippen molar-refractivity contribution < 1.29 is 14.2 Å². The van der Waals surface area contributed by atoms with Crippen LogP contribution in [0.25, 0.3) is 0 Å². The normalized spacial score (nSPS) is 18.0. The largest absolute Gasteiger partial charge is 0.454 e. The Kier molecular flexibility index (Phi) is 4.67. The molecule has 1 saturated heterocycles. The van der Waals surface area contributed by atoms with Crippen LogP contribution in [0.1, 0.15) is 24.0 Å². The summed E-state index contributed by atoms with van der Waals surface area (Å²) in [7, 11) is 0. The summed E-state index contributed by atoms with van der Waals surface area (Å²) in [5, 5.41) is 0. The van der Waals surface area contributed by atoms with Gasteiger partial charge in [0.05, 0.1) is 12.7 Å². The summed E-state index contributed by atoms with van der Waals surface area (Å²) >= 11 is 0. The van der Waals surface area contributed by atoms with E-state index >= 15 is 0 Å². The van der Waals surface area contributed by atoms with Gasteiger partial charge in [-0.3, -0.25) is 4.90 Å². The molecule has 2 aliphatic rings. The number of hydrogen-bond acceptors (Lipinski definition) is 4. The molecule has 0 bridgehead atoms. The zero-order valence-corrected chi connectivity index (χ0v) is 13.8. The van der Waals surface area contributed by atoms with Crippen LogP contribution < -0.4 is 9.47 Å². The summed E-state index contributed by atoms with van der Waals surface area (Å²) in [4.78, 5) is 2.47. The van der Waals surface area contributed by atoms with Crippen molar-refractivity contribution in [3.8, 4) is 11.5 Å². The second-order valence-electron chi connectivity index (χ2n) is 6.42. The van der Waals surface area contributed by atoms with E-state index < -0.39 is 0 Å². The molecule has 0 unspecified atom stereocenters. The number of rotatable bonds is 5. The molecule has 4 rings (SSSR count). The Morgan fingerprint density at radius 2 is 1.79 bits per heavy atom. The fraction of sp³-hybridized carbons (Fsp3) is 0.400. The molecule has 0 atom stereocenters. The van der Waals surface area contributed by atoms with Crippen LogP contribution in [0.5, 0.6) is 11.5 Å². The van der Waals surface area contributed by atoms with E-state index in [2.05, 4.69) is 35.2 Å². The standard InChI is InChI=1S/C20H23NO3/c1-2-5-16(6-3-1)14-22-18-9-11-21(12-10-18)13-17-7-4-8-19-20(17)24-15-23-19/h1-8,18H,9-15H2. The molecule has 24 heavy (non-hydrogen) atoms. The van der Waals surface area contributed by atoms with E-state index in [1.165, 1.54) is 11.1 Å². The lowest BCUT2D eigenvalue weighted by atomic mass is 10.1. The molecule has 0 N–H and O–H groups in total. The topological polar surface area (TPSA) is 30.9 Å². The van der Waals surface area contributed by atoms with E-state index in [4.69, 9.17) is 14.2 Å². The molecular formula is C20H23NO3. The minimum atomic E-state index is 0.335. The maximum Gasteiger partial charge on any atom is 0.231 e. The van der Waals surface area contributed by atoms with Gasteiger partial charge >= 0.3 is 0 Å². The Morgan fingerprint density at radius 1 is 0.958 bits per heavy atom. The Balaban J connectivity index is 1.27. The number of para-hydroxylation sites is 1. The third kappa shape index (κ3) is 3.55. The molecule has 0 aromatic heterocycles. The van der Waals surface area contributed by atoms with Crippen molar-refractivity contribution in [3.63, 3.8) is 0 Å². The predicted octanol–water partition coefficient (Wildman–Crippen LogP) is 3.60. The lowest BCUT2D eigenvalue weighted by Gasteiger charge is -2.32. The smallest absolute Gasteiger partial charge is 0.231 e. The van der Waals surface area contributed by atoms with Gasteiger partial charge in [0.2, 0.25) is 6.79 Å². The Morgan fingerprint density at radius 3 is 2.62 bits per heavy atom. The summed E-state index contributed by atoms with van der Waals surface area (Å²) in [6, 6.07) is 16.5. The number of benzene rings is 2. The van der Waals surface area contributed by atoms with Crippen molar-refractivity contribution in [1.82, 2.24) is 4.90 Å². The molecule has 126 valence electrons. The zero-order valence-electron chi connectivity index (χ0n) is 13.8. The van der Waals surface area contributed by atoms with Crippen molar-refractivity contribution >= 4 is 0 Å². The molecule has 4 nitrogen and oxygen atoms in total. The van der Waals surface area contributed by atoms with Gasteiger partial charge < -0.3 is 14.2 Å². The van der Waals surface area contributed by atoms with Gasteiger partial charge in [0.25, 0.3) is 0 Å². The van der Waals surface area contributed by atoms with Gasteiger partial charge in [0.1, 0.15) is 0 Å². The average Bonchev–Trinajstić information content (AvgIpc) is 3.12. The van der Waals surface area contributed by atoms with Crippen molar-refractivity contribution in [2.75, 3.05) is 19.9 Å².